The van der Waals surface area contributed by atoms with Gasteiger partial charge in [-0.3, -0.25) is 10.1 Å². The predicted octanol–water partition coefficient (Wildman–Crippen LogP) is 4.97. The van der Waals surface area contributed by atoms with E-state index in [2.05, 4.69) is 5.16 Å². The van der Waals surface area contributed by atoms with Gasteiger partial charge in [-0.15, -0.1) is 0 Å². The van der Waals surface area contributed by atoms with Crippen LogP contribution < -0.4 is 0 Å². The monoisotopic (exact) mass is 350 g/mol. The number of nitro groups is 1. The number of benzene rings is 3. The van der Waals surface area contributed by atoms with Crippen molar-refractivity contribution in [2.75, 3.05) is 0 Å². The van der Waals surface area contributed by atoms with Crippen LogP contribution in [0, 0.1) is 10.1 Å². The Morgan fingerprint density at radius 3 is 1.88 bits per heavy atom. The molecule has 0 saturated carbocycles. The third kappa shape index (κ3) is 4.05. The fourth-order valence-electron chi connectivity index (χ4n) is 2.33. The van der Waals surface area contributed by atoms with Gasteiger partial charge in [-0.1, -0.05) is 47.2 Å². The summed E-state index contributed by atoms with van der Waals surface area (Å²) in [6, 6.07) is 23.6. The van der Waals surface area contributed by atoms with Crippen LogP contribution in [-0.2, 0) is 0 Å². The van der Waals surface area contributed by atoms with Crippen LogP contribution in [0.3, 0.4) is 0 Å². The van der Waals surface area contributed by atoms with Crippen LogP contribution in [0.4, 0.5) is 5.69 Å². The van der Waals surface area contributed by atoms with Crippen molar-refractivity contribution >= 4 is 23.2 Å². The van der Waals surface area contributed by atoms with E-state index in [-0.39, 0.29) is 5.69 Å². The maximum Gasteiger partial charge on any atom is 0.269 e. The van der Waals surface area contributed by atoms with Crippen LogP contribution in [0.5, 0.6) is 0 Å². The largest absolute Gasteiger partial charge is 0.410 e. The molecule has 0 amide bonds. The molecule has 3 aromatic rings. The highest BCUT2D eigenvalue weighted by Crippen LogP contribution is 2.28. The molecule has 0 unspecified atom stereocenters. The second kappa shape index (κ2) is 7.63. The summed E-state index contributed by atoms with van der Waals surface area (Å²) >= 11 is 1.64. The Morgan fingerprint density at radius 1 is 0.840 bits per heavy atom. The zero-order valence-electron chi connectivity index (χ0n) is 13.1. The van der Waals surface area contributed by atoms with Crippen molar-refractivity contribution in [3.05, 3.63) is 100 Å². The van der Waals surface area contributed by atoms with Gasteiger partial charge in [0, 0.05) is 33.1 Å². The normalized spacial score (nSPS) is 11.3. The van der Waals surface area contributed by atoms with Crippen molar-refractivity contribution in [1.82, 2.24) is 0 Å². The zero-order chi connectivity index (χ0) is 17.6. The quantitative estimate of drug-likeness (QED) is 0.305. The Balaban J connectivity index is 1.81. The lowest BCUT2D eigenvalue weighted by atomic mass is 10.0. The first-order valence-electron chi connectivity index (χ1n) is 7.47. The van der Waals surface area contributed by atoms with E-state index in [1.54, 1.807) is 23.9 Å². The van der Waals surface area contributed by atoms with E-state index in [1.807, 2.05) is 54.6 Å². The van der Waals surface area contributed by atoms with Crippen molar-refractivity contribution in [2.45, 2.75) is 9.79 Å². The highest BCUT2D eigenvalue weighted by Gasteiger charge is 2.11. The molecule has 0 spiro atoms. The van der Waals surface area contributed by atoms with E-state index in [9.17, 15) is 15.3 Å². The van der Waals surface area contributed by atoms with Gasteiger partial charge in [-0.05, 0) is 36.4 Å². The third-order valence-corrected chi connectivity index (χ3v) is 4.57. The summed E-state index contributed by atoms with van der Waals surface area (Å²) in [5, 5.41) is 23.5. The molecule has 0 aliphatic carbocycles. The summed E-state index contributed by atoms with van der Waals surface area (Å²) < 4.78 is 0. The van der Waals surface area contributed by atoms with E-state index in [4.69, 9.17) is 0 Å². The van der Waals surface area contributed by atoms with Gasteiger partial charge in [-0.2, -0.15) is 0 Å². The Hall–Kier alpha value is -3.12. The van der Waals surface area contributed by atoms with Crippen LogP contribution in [0.1, 0.15) is 11.1 Å². The molecular formula is C19H14N2O3S. The standard InChI is InChI=1S/C19H14N2O3S/c22-20-19(14-6-10-16(11-7-14)21(23)24)15-8-12-18(13-9-15)25-17-4-2-1-3-5-17/h1-13,22H/b20-19-. The van der Waals surface area contributed by atoms with Gasteiger partial charge >= 0.3 is 0 Å². The van der Waals surface area contributed by atoms with Crippen molar-refractivity contribution in [3.8, 4) is 0 Å². The lowest BCUT2D eigenvalue weighted by Gasteiger charge is -2.07. The highest BCUT2D eigenvalue weighted by molar-refractivity contribution is 7.99. The van der Waals surface area contributed by atoms with Crippen molar-refractivity contribution < 1.29 is 10.1 Å². The van der Waals surface area contributed by atoms with Gasteiger partial charge in [0.15, 0.2) is 0 Å². The molecule has 0 heterocycles. The predicted molar refractivity (Wildman–Crippen MR) is 97.5 cm³/mol. The first-order chi connectivity index (χ1) is 12.2. The molecule has 0 atom stereocenters. The minimum absolute atomic E-state index is 0.00403. The average molecular weight is 350 g/mol. The average Bonchev–Trinajstić information content (AvgIpc) is 2.65. The summed E-state index contributed by atoms with van der Waals surface area (Å²) in [5.41, 5.74) is 1.70. The third-order valence-electron chi connectivity index (χ3n) is 3.56. The summed E-state index contributed by atoms with van der Waals surface area (Å²) in [4.78, 5) is 12.5. The van der Waals surface area contributed by atoms with Gasteiger partial charge in [-0.25, -0.2) is 0 Å². The minimum atomic E-state index is -0.463. The molecule has 0 bridgehead atoms. The van der Waals surface area contributed by atoms with Gasteiger partial charge in [0.2, 0.25) is 0 Å². The Labute approximate surface area is 148 Å². The Kier molecular flexibility index (Phi) is 5.11. The van der Waals surface area contributed by atoms with Crippen LogP contribution in [0.25, 0.3) is 0 Å². The molecule has 0 aliphatic heterocycles. The van der Waals surface area contributed by atoms with E-state index < -0.39 is 4.92 Å². The number of non-ortho nitro benzene ring substituents is 1. The number of nitrogens with zero attached hydrogens (tertiary/aromatic N) is 2. The lowest BCUT2D eigenvalue weighted by molar-refractivity contribution is -0.384. The van der Waals surface area contributed by atoms with Crippen LogP contribution in [-0.4, -0.2) is 15.8 Å². The summed E-state index contributed by atoms with van der Waals surface area (Å²) in [6.45, 7) is 0. The van der Waals surface area contributed by atoms with Crippen molar-refractivity contribution in [2.24, 2.45) is 5.16 Å². The molecule has 6 heteroatoms. The Morgan fingerprint density at radius 2 is 1.36 bits per heavy atom. The molecule has 0 aliphatic rings. The fourth-order valence-corrected chi connectivity index (χ4v) is 3.17. The van der Waals surface area contributed by atoms with Crippen LogP contribution in [0.15, 0.2) is 93.8 Å². The number of hydrogen-bond acceptors (Lipinski definition) is 5. The van der Waals surface area contributed by atoms with E-state index in [0.717, 1.165) is 15.4 Å². The van der Waals surface area contributed by atoms with Crippen molar-refractivity contribution in [1.29, 1.82) is 0 Å². The minimum Gasteiger partial charge on any atom is -0.410 e. The summed E-state index contributed by atoms with van der Waals surface area (Å²) in [7, 11) is 0. The number of rotatable bonds is 5. The topological polar surface area (TPSA) is 75.7 Å². The molecule has 25 heavy (non-hydrogen) atoms. The van der Waals surface area contributed by atoms with Crippen LogP contribution in [0.2, 0.25) is 0 Å². The number of oxime groups is 1. The molecule has 1 N–H and O–H groups in total. The molecule has 0 aromatic heterocycles. The second-order valence-electron chi connectivity index (χ2n) is 5.19. The fraction of sp³-hybridized carbons (Fsp3) is 0. The van der Waals surface area contributed by atoms with Gasteiger partial charge in [0.1, 0.15) is 5.71 Å². The molecule has 5 nitrogen and oxygen atoms in total. The molecule has 0 saturated heterocycles. The molecule has 3 rings (SSSR count). The SMILES string of the molecule is O=[N+]([O-])c1ccc(/C(=N/O)c2ccc(Sc3ccccc3)cc2)cc1. The molecule has 124 valence electrons. The summed E-state index contributed by atoms with van der Waals surface area (Å²) in [5.74, 6) is 0. The first-order valence-corrected chi connectivity index (χ1v) is 8.29. The van der Waals surface area contributed by atoms with E-state index in [0.29, 0.717) is 11.3 Å². The van der Waals surface area contributed by atoms with E-state index >= 15 is 0 Å². The van der Waals surface area contributed by atoms with Gasteiger partial charge in [0.05, 0.1) is 4.92 Å². The Bertz CT molecular complexity index is 892. The number of nitro benzene ring substituents is 1. The lowest BCUT2D eigenvalue weighted by Crippen LogP contribution is -2.03. The molecule has 0 radical (unpaired) electrons. The second-order valence-corrected chi connectivity index (χ2v) is 6.34. The summed E-state index contributed by atoms with van der Waals surface area (Å²) in [6.07, 6.45) is 0. The molecule has 3 aromatic carbocycles. The molecule has 0 fully saturated rings. The van der Waals surface area contributed by atoms with Crippen molar-refractivity contribution in [3.63, 3.8) is 0 Å². The maximum absolute atomic E-state index is 10.7. The molecular weight excluding hydrogens is 336 g/mol. The first kappa shape index (κ1) is 16.7. The van der Waals surface area contributed by atoms with Gasteiger partial charge in [0.25, 0.3) is 5.69 Å². The smallest absolute Gasteiger partial charge is 0.269 e. The van der Waals surface area contributed by atoms with E-state index in [1.165, 1.54) is 12.1 Å². The zero-order valence-corrected chi connectivity index (χ0v) is 13.9. The van der Waals surface area contributed by atoms with Crippen LogP contribution >= 0.6 is 11.8 Å². The maximum atomic E-state index is 10.7. The number of hydrogen-bond donors (Lipinski definition) is 1. The highest BCUT2D eigenvalue weighted by atomic mass is 32.2. The van der Waals surface area contributed by atoms with Gasteiger partial charge < -0.3 is 5.21 Å².